The summed E-state index contributed by atoms with van der Waals surface area (Å²) in [5.41, 5.74) is 5.22. The van der Waals surface area contributed by atoms with Crippen LogP contribution in [0.3, 0.4) is 0 Å². The molecule has 2 rings (SSSR count). The van der Waals surface area contributed by atoms with Gasteiger partial charge in [0, 0.05) is 19.0 Å². The standard InChI is InChI=1S/C18H30N4O3/c1-4-5-10-21-15(19)14(16(23)20-18(21)25)22(11-12(2)3)17(24)13-8-6-7-9-13/h12-13H,4-11,19H2,1-3H3,(H,20,23,25). The Bertz CT molecular complexity index is 714. The number of carbonyl (C=O) groups is 1. The molecule has 140 valence electrons. The molecule has 1 aromatic rings. The molecule has 7 heteroatoms. The molecule has 0 saturated heterocycles. The van der Waals surface area contributed by atoms with Crippen LogP contribution in [-0.4, -0.2) is 22.0 Å². The van der Waals surface area contributed by atoms with Crippen molar-refractivity contribution in [3.05, 3.63) is 20.8 Å². The predicted molar refractivity (Wildman–Crippen MR) is 99.8 cm³/mol. The number of carbonyl (C=O) groups excluding carboxylic acids is 1. The van der Waals surface area contributed by atoms with Crippen LogP contribution in [-0.2, 0) is 11.3 Å². The van der Waals surface area contributed by atoms with Gasteiger partial charge in [0.2, 0.25) is 5.91 Å². The number of aromatic amines is 1. The van der Waals surface area contributed by atoms with Crippen molar-refractivity contribution in [3.8, 4) is 0 Å². The van der Waals surface area contributed by atoms with Gasteiger partial charge >= 0.3 is 5.69 Å². The Morgan fingerprint density at radius 1 is 1.32 bits per heavy atom. The Morgan fingerprint density at radius 2 is 1.96 bits per heavy atom. The third-order valence-corrected chi connectivity index (χ3v) is 4.74. The van der Waals surface area contributed by atoms with Gasteiger partial charge in [-0.25, -0.2) is 4.79 Å². The summed E-state index contributed by atoms with van der Waals surface area (Å²) in [5.74, 6) is 0.159. The summed E-state index contributed by atoms with van der Waals surface area (Å²) in [6, 6.07) is 0. The summed E-state index contributed by atoms with van der Waals surface area (Å²) < 4.78 is 1.37. The molecule has 0 atom stereocenters. The van der Waals surface area contributed by atoms with Gasteiger partial charge in [0.1, 0.15) is 5.82 Å². The maximum Gasteiger partial charge on any atom is 0.330 e. The van der Waals surface area contributed by atoms with E-state index in [0.29, 0.717) is 13.1 Å². The normalized spacial score (nSPS) is 15.0. The van der Waals surface area contributed by atoms with E-state index >= 15 is 0 Å². The summed E-state index contributed by atoms with van der Waals surface area (Å²) in [4.78, 5) is 41.5. The van der Waals surface area contributed by atoms with Crippen LogP contribution in [0.5, 0.6) is 0 Å². The van der Waals surface area contributed by atoms with Crippen LogP contribution in [0.2, 0.25) is 0 Å². The topological polar surface area (TPSA) is 101 Å². The first kappa shape index (κ1) is 19.3. The van der Waals surface area contributed by atoms with Gasteiger partial charge < -0.3 is 10.6 Å². The molecular weight excluding hydrogens is 320 g/mol. The van der Waals surface area contributed by atoms with E-state index in [0.717, 1.165) is 38.5 Å². The fourth-order valence-corrected chi connectivity index (χ4v) is 3.43. The van der Waals surface area contributed by atoms with E-state index in [-0.39, 0.29) is 29.2 Å². The van der Waals surface area contributed by atoms with Crippen LogP contribution in [0.25, 0.3) is 0 Å². The number of nitrogen functional groups attached to an aromatic ring is 1. The smallest absolute Gasteiger partial charge is 0.330 e. The number of anilines is 2. The maximum atomic E-state index is 13.0. The number of rotatable bonds is 7. The minimum atomic E-state index is -0.581. The van der Waals surface area contributed by atoms with Crippen molar-refractivity contribution >= 4 is 17.4 Å². The highest BCUT2D eigenvalue weighted by atomic mass is 16.2. The van der Waals surface area contributed by atoms with Gasteiger partial charge in [-0.1, -0.05) is 40.0 Å². The number of unbranched alkanes of at least 4 members (excludes halogenated alkanes) is 1. The van der Waals surface area contributed by atoms with E-state index in [2.05, 4.69) is 4.98 Å². The van der Waals surface area contributed by atoms with Crippen molar-refractivity contribution in [2.45, 2.75) is 65.8 Å². The lowest BCUT2D eigenvalue weighted by Crippen LogP contribution is -2.44. The molecule has 1 aliphatic carbocycles. The molecule has 0 aromatic carbocycles. The van der Waals surface area contributed by atoms with Crippen molar-refractivity contribution in [3.63, 3.8) is 0 Å². The Kier molecular flexibility index (Phi) is 6.45. The number of aromatic nitrogens is 2. The first-order valence-electron chi connectivity index (χ1n) is 9.30. The van der Waals surface area contributed by atoms with E-state index in [9.17, 15) is 14.4 Å². The van der Waals surface area contributed by atoms with Gasteiger partial charge in [-0.2, -0.15) is 0 Å². The molecule has 1 aromatic heterocycles. The summed E-state index contributed by atoms with van der Waals surface area (Å²) in [5, 5.41) is 0. The van der Waals surface area contributed by atoms with Gasteiger partial charge in [-0.3, -0.25) is 19.1 Å². The number of hydrogen-bond donors (Lipinski definition) is 2. The Labute approximate surface area is 148 Å². The van der Waals surface area contributed by atoms with Gasteiger partial charge in [0.15, 0.2) is 5.69 Å². The third kappa shape index (κ3) is 4.32. The minimum absolute atomic E-state index is 0.0518. The molecule has 1 aliphatic rings. The second-order valence-corrected chi connectivity index (χ2v) is 7.32. The molecule has 1 amide bonds. The molecule has 0 bridgehead atoms. The van der Waals surface area contributed by atoms with Crippen LogP contribution in [0.4, 0.5) is 11.5 Å². The molecule has 3 N–H and O–H groups in total. The van der Waals surface area contributed by atoms with Crippen LogP contribution < -0.4 is 21.9 Å². The second kappa shape index (κ2) is 8.36. The summed E-state index contributed by atoms with van der Waals surface area (Å²) >= 11 is 0. The highest BCUT2D eigenvalue weighted by molar-refractivity contribution is 5.97. The Balaban J connectivity index is 2.50. The zero-order valence-electron chi connectivity index (χ0n) is 15.5. The van der Waals surface area contributed by atoms with Crippen molar-refractivity contribution in [1.29, 1.82) is 0 Å². The highest BCUT2D eigenvalue weighted by Gasteiger charge is 2.31. The molecule has 0 spiro atoms. The average molecular weight is 350 g/mol. The maximum absolute atomic E-state index is 13.0. The second-order valence-electron chi connectivity index (χ2n) is 7.32. The van der Waals surface area contributed by atoms with Crippen LogP contribution in [0.15, 0.2) is 9.59 Å². The largest absolute Gasteiger partial charge is 0.383 e. The van der Waals surface area contributed by atoms with E-state index in [1.165, 1.54) is 9.47 Å². The molecule has 25 heavy (non-hydrogen) atoms. The number of nitrogens with one attached hydrogen (secondary N) is 1. The van der Waals surface area contributed by atoms with Gasteiger partial charge in [-0.05, 0) is 25.2 Å². The van der Waals surface area contributed by atoms with Gasteiger partial charge in [-0.15, -0.1) is 0 Å². The van der Waals surface area contributed by atoms with E-state index in [1.54, 1.807) is 0 Å². The Hall–Kier alpha value is -2.05. The zero-order chi connectivity index (χ0) is 18.6. The SMILES string of the molecule is CCCCn1c(N)c(N(CC(C)C)C(=O)C2CCCC2)c(=O)[nH]c1=O. The summed E-state index contributed by atoms with van der Waals surface area (Å²) in [6.45, 7) is 6.84. The molecule has 0 aliphatic heterocycles. The highest BCUT2D eigenvalue weighted by Crippen LogP contribution is 2.29. The van der Waals surface area contributed by atoms with E-state index < -0.39 is 11.2 Å². The van der Waals surface area contributed by atoms with Crippen LogP contribution in [0, 0.1) is 11.8 Å². The van der Waals surface area contributed by atoms with Gasteiger partial charge in [0.25, 0.3) is 5.56 Å². The summed E-state index contributed by atoms with van der Waals surface area (Å²) in [6.07, 6.45) is 5.44. The predicted octanol–water partition coefficient (Wildman–Crippen LogP) is 2.10. The molecule has 1 fully saturated rings. The lowest BCUT2D eigenvalue weighted by Gasteiger charge is -2.28. The molecular formula is C18H30N4O3. The number of amides is 1. The first-order valence-corrected chi connectivity index (χ1v) is 9.30. The number of nitrogens with two attached hydrogens (primary N) is 1. The van der Waals surface area contributed by atoms with Crippen LogP contribution in [0.1, 0.15) is 59.3 Å². The van der Waals surface area contributed by atoms with E-state index in [4.69, 9.17) is 5.73 Å². The monoisotopic (exact) mass is 350 g/mol. The third-order valence-electron chi connectivity index (χ3n) is 4.74. The molecule has 1 heterocycles. The van der Waals surface area contributed by atoms with Crippen molar-refractivity contribution in [2.75, 3.05) is 17.2 Å². The lowest BCUT2D eigenvalue weighted by atomic mass is 10.0. The molecule has 0 radical (unpaired) electrons. The molecule has 1 saturated carbocycles. The number of hydrogen-bond acceptors (Lipinski definition) is 4. The zero-order valence-corrected chi connectivity index (χ0v) is 15.5. The van der Waals surface area contributed by atoms with Crippen molar-refractivity contribution in [1.82, 2.24) is 9.55 Å². The quantitative estimate of drug-likeness (QED) is 0.786. The Morgan fingerprint density at radius 3 is 2.52 bits per heavy atom. The van der Waals surface area contributed by atoms with E-state index in [1.807, 2.05) is 20.8 Å². The van der Waals surface area contributed by atoms with Crippen LogP contribution >= 0.6 is 0 Å². The molecule has 0 unspecified atom stereocenters. The van der Waals surface area contributed by atoms with Crippen molar-refractivity contribution in [2.24, 2.45) is 11.8 Å². The van der Waals surface area contributed by atoms with Gasteiger partial charge in [0.05, 0.1) is 0 Å². The fraction of sp³-hybridized carbons (Fsp3) is 0.722. The fourth-order valence-electron chi connectivity index (χ4n) is 3.43. The number of nitrogens with zero attached hydrogens (tertiary/aromatic N) is 2. The molecule has 7 nitrogen and oxygen atoms in total. The van der Waals surface area contributed by atoms with Crippen molar-refractivity contribution < 1.29 is 4.79 Å². The minimum Gasteiger partial charge on any atom is -0.383 e. The lowest BCUT2D eigenvalue weighted by molar-refractivity contribution is -0.122. The summed E-state index contributed by atoms with van der Waals surface area (Å²) in [7, 11) is 0. The number of H-pyrrole nitrogens is 1. The first-order chi connectivity index (χ1) is 11.9. The average Bonchev–Trinajstić information content (AvgIpc) is 3.07.